The summed E-state index contributed by atoms with van der Waals surface area (Å²) in [5.41, 5.74) is 0.492. The summed E-state index contributed by atoms with van der Waals surface area (Å²) in [7, 11) is -3.63. The van der Waals surface area contributed by atoms with Crippen molar-refractivity contribution in [3.05, 3.63) is 29.8 Å². The summed E-state index contributed by atoms with van der Waals surface area (Å²) in [4.78, 5) is 29.1. The lowest BCUT2D eigenvalue weighted by Gasteiger charge is -2.44. The van der Waals surface area contributed by atoms with Crippen molar-refractivity contribution in [1.29, 1.82) is 0 Å². The van der Waals surface area contributed by atoms with Gasteiger partial charge in [-0.2, -0.15) is 0 Å². The van der Waals surface area contributed by atoms with E-state index in [2.05, 4.69) is 9.62 Å². The standard InChI is InChI=1S/C23H33N3O4S/c1-17(27)18-7-11-22(12-8-18)31(29,30)24-20-9-5-19(6-10-20)23(28)26-15-13-25(14-16-26)21-3-2-4-21/h7-8,11-12,19-21,24H,2-6,9-10,13-16H2,1H3/t19-,20-. The average Bonchev–Trinajstić information content (AvgIpc) is 2.73. The van der Waals surface area contributed by atoms with Crippen molar-refractivity contribution in [2.75, 3.05) is 26.2 Å². The van der Waals surface area contributed by atoms with Gasteiger partial charge in [-0.05, 0) is 57.6 Å². The van der Waals surface area contributed by atoms with Gasteiger partial charge in [0.1, 0.15) is 0 Å². The minimum absolute atomic E-state index is 0.00542. The summed E-state index contributed by atoms with van der Waals surface area (Å²) >= 11 is 0. The lowest BCUT2D eigenvalue weighted by molar-refractivity contribution is -0.139. The molecule has 0 spiro atoms. The summed E-state index contributed by atoms with van der Waals surface area (Å²) in [5, 5.41) is 0. The molecule has 2 saturated carbocycles. The highest BCUT2D eigenvalue weighted by Gasteiger charge is 2.34. The van der Waals surface area contributed by atoms with Crippen LogP contribution < -0.4 is 4.72 Å². The van der Waals surface area contributed by atoms with E-state index >= 15 is 0 Å². The van der Waals surface area contributed by atoms with Crippen molar-refractivity contribution in [2.24, 2.45) is 5.92 Å². The third-order valence-electron chi connectivity index (χ3n) is 7.19. The topological polar surface area (TPSA) is 86.8 Å². The van der Waals surface area contributed by atoms with Crippen LogP contribution in [0.25, 0.3) is 0 Å². The smallest absolute Gasteiger partial charge is 0.240 e. The maximum absolute atomic E-state index is 13.0. The molecule has 0 atom stereocenters. The number of piperazine rings is 1. The van der Waals surface area contributed by atoms with E-state index < -0.39 is 10.0 Å². The van der Waals surface area contributed by atoms with Gasteiger partial charge in [-0.15, -0.1) is 0 Å². The zero-order valence-electron chi connectivity index (χ0n) is 18.3. The number of nitrogens with zero attached hydrogens (tertiary/aromatic N) is 2. The molecule has 1 aromatic rings. The molecule has 0 aromatic heterocycles. The van der Waals surface area contributed by atoms with E-state index in [0.717, 1.165) is 45.1 Å². The predicted molar refractivity (Wildman–Crippen MR) is 118 cm³/mol. The molecular formula is C23H33N3O4S. The summed E-state index contributed by atoms with van der Waals surface area (Å²) in [5.74, 6) is 0.157. The van der Waals surface area contributed by atoms with Crippen LogP contribution in [0.4, 0.5) is 0 Å². The molecule has 1 aromatic carbocycles. The number of hydrogen-bond acceptors (Lipinski definition) is 5. The van der Waals surface area contributed by atoms with Crippen LogP contribution in [0.15, 0.2) is 29.2 Å². The van der Waals surface area contributed by atoms with Gasteiger partial charge in [0, 0.05) is 49.7 Å². The van der Waals surface area contributed by atoms with Crippen LogP contribution in [0.1, 0.15) is 62.2 Å². The Balaban J connectivity index is 1.25. The number of benzene rings is 1. The first kappa shape index (κ1) is 22.4. The molecule has 4 rings (SSSR count). The van der Waals surface area contributed by atoms with E-state index in [4.69, 9.17) is 0 Å². The number of carbonyl (C=O) groups excluding carboxylic acids is 2. The minimum atomic E-state index is -3.63. The Kier molecular flexibility index (Phi) is 6.79. The van der Waals surface area contributed by atoms with Crippen molar-refractivity contribution in [3.63, 3.8) is 0 Å². The van der Waals surface area contributed by atoms with E-state index in [-0.39, 0.29) is 28.5 Å². The third kappa shape index (κ3) is 5.18. The summed E-state index contributed by atoms with van der Waals surface area (Å²) < 4.78 is 28.2. The number of ketones is 1. The molecule has 170 valence electrons. The first-order valence-corrected chi connectivity index (χ1v) is 13.0. The summed E-state index contributed by atoms with van der Waals surface area (Å²) in [6, 6.07) is 6.60. The van der Waals surface area contributed by atoms with Gasteiger partial charge in [0.05, 0.1) is 4.90 Å². The maximum atomic E-state index is 13.0. The highest BCUT2D eigenvalue weighted by atomic mass is 32.2. The fraction of sp³-hybridized carbons (Fsp3) is 0.652. The van der Waals surface area contributed by atoms with Gasteiger partial charge in [-0.25, -0.2) is 13.1 Å². The first-order chi connectivity index (χ1) is 14.8. The van der Waals surface area contributed by atoms with E-state index in [1.54, 1.807) is 0 Å². The second kappa shape index (κ2) is 9.38. The molecule has 3 aliphatic rings. The van der Waals surface area contributed by atoms with Gasteiger partial charge in [0.25, 0.3) is 0 Å². The number of Topliss-reactive ketones (excluding diaryl/α,β-unsaturated/α-hetero) is 1. The molecule has 0 radical (unpaired) electrons. The van der Waals surface area contributed by atoms with Crippen LogP contribution in [-0.2, 0) is 14.8 Å². The second-order valence-corrected chi connectivity index (χ2v) is 10.9. The van der Waals surface area contributed by atoms with E-state index in [1.807, 2.05) is 4.90 Å². The van der Waals surface area contributed by atoms with E-state index in [0.29, 0.717) is 18.4 Å². The van der Waals surface area contributed by atoms with Crippen LogP contribution in [0.2, 0.25) is 0 Å². The number of rotatable bonds is 6. The Morgan fingerprint density at radius 3 is 2.03 bits per heavy atom. The molecule has 8 heteroatoms. The lowest BCUT2D eigenvalue weighted by Crippen LogP contribution is -2.54. The van der Waals surface area contributed by atoms with Crippen molar-refractivity contribution in [2.45, 2.75) is 68.8 Å². The largest absolute Gasteiger partial charge is 0.340 e. The van der Waals surface area contributed by atoms with Crippen molar-refractivity contribution in [3.8, 4) is 0 Å². The molecule has 1 saturated heterocycles. The van der Waals surface area contributed by atoms with Gasteiger partial charge in [0.15, 0.2) is 5.78 Å². The van der Waals surface area contributed by atoms with Crippen LogP contribution in [0.3, 0.4) is 0 Å². The molecule has 1 aliphatic heterocycles. The fourth-order valence-electron chi connectivity index (χ4n) is 4.93. The quantitative estimate of drug-likeness (QED) is 0.677. The highest BCUT2D eigenvalue weighted by molar-refractivity contribution is 7.89. The molecule has 0 unspecified atom stereocenters. The monoisotopic (exact) mass is 447 g/mol. The van der Waals surface area contributed by atoms with E-state index in [1.165, 1.54) is 50.5 Å². The number of carbonyl (C=O) groups is 2. The van der Waals surface area contributed by atoms with Gasteiger partial charge in [-0.1, -0.05) is 18.6 Å². The number of nitrogens with one attached hydrogen (secondary N) is 1. The number of hydrogen-bond donors (Lipinski definition) is 1. The summed E-state index contributed by atoms with van der Waals surface area (Å²) in [6.07, 6.45) is 6.71. The molecule has 2 aliphatic carbocycles. The van der Waals surface area contributed by atoms with Crippen molar-refractivity contribution < 1.29 is 18.0 Å². The fourth-order valence-corrected chi connectivity index (χ4v) is 6.24. The molecule has 7 nitrogen and oxygen atoms in total. The minimum Gasteiger partial charge on any atom is -0.340 e. The highest BCUT2D eigenvalue weighted by Crippen LogP contribution is 2.29. The molecule has 0 bridgehead atoms. The Bertz CT molecular complexity index is 895. The molecule has 3 fully saturated rings. The van der Waals surface area contributed by atoms with Crippen LogP contribution in [-0.4, -0.2) is 68.2 Å². The first-order valence-electron chi connectivity index (χ1n) is 11.5. The maximum Gasteiger partial charge on any atom is 0.240 e. The molecular weight excluding hydrogens is 414 g/mol. The zero-order valence-corrected chi connectivity index (χ0v) is 19.1. The number of sulfonamides is 1. The van der Waals surface area contributed by atoms with Gasteiger partial charge >= 0.3 is 0 Å². The molecule has 1 heterocycles. The van der Waals surface area contributed by atoms with Crippen LogP contribution in [0, 0.1) is 5.92 Å². The normalized spacial score (nSPS) is 25.8. The Morgan fingerprint density at radius 2 is 1.52 bits per heavy atom. The van der Waals surface area contributed by atoms with Crippen molar-refractivity contribution >= 4 is 21.7 Å². The predicted octanol–water partition coefficient (Wildman–Crippen LogP) is 2.42. The van der Waals surface area contributed by atoms with Crippen LogP contribution in [0.5, 0.6) is 0 Å². The Morgan fingerprint density at radius 1 is 0.903 bits per heavy atom. The number of amides is 1. The molecule has 1 amide bonds. The van der Waals surface area contributed by atoms with Crippen LogP contribution >= 0.6 is 0 Å². The molecule has 1 N–H and O–H groups in total. The van der Waals surface area contributed by atoms with E-state index in [9.17, 15) is 18.0 Å². The summed E-state index contributed by atoms with van der Waals surface area (Å²) in [6.45, 7) is 5.05. The van der Waals surface area contributed by atoms with Crippen molar-refractivity contribution in [1.82, 2.24) is 14.5 Å². The lowest BCUT2D eigenvalue weighted by atomic mass is 9.85. The third-order valence-corrected chi connectivity index (χ3v) is 8.72. The van der Waals surface area contributed by atoms with Gasteiger partial charge < -0.3 is 4.90 Å². The Labute approximate surface area is 185 Å². The second-order valence-electron chi connectivity index (χ2n) is 9.20. The van der Waals surface area contributed by atoms with Gasteiger partial charge in [0.2, 0.25) is 15.9 Å². The average molecular weight is 448 g/mol. The molecule has 31 heavy (non-hydrogen) atoms. The SMILES string of the molecule is CC(=O)c1ccc(S(=O)(=O)N[C@H]2CC[C@H](C(=O)N3CCN(C4CCC4)CC3)CC2)cc1. The van der Waals surface area contributed by atoms with Gasteiger partial charge in [-0.3, -0.25) is 14.5 Å². The zero-order chi connectivity index (χ0) is 22.0. The Hall–Kier alpha value is -1.77.